The number of carbonyl (C=O) groups excluding carboxylic acids is 1. The molecule has 2 aromatic heterocycles. The standard InChI is InChI=1S/C13H12ClN5O/c1-18-10-6-4-3-5-9(10)16-13(18)17-12(20)11-8(14)7-15-19(11)2/h3-7H,1-2H3,(H,16,17,20). The zero-order chi connectivity index (χ0) is 14.3. The number of imidazole rings is 1. The number of benzene rings is 1. The second-order valence-corrected chi connectivity index (χ2v) is 4.81. The van der Waals surface area contributed by atoms with Crippen LogP contribution < -0.4 is 5.32 Å². The molecule has 1 amide bonds. The van der Waals surface area contributed by atoms with Crippen LogP contribution in [0.4, 0.5) is 5.95 Å². The van der Waals surface area contributed by atoms with Gasteiger partial charge in [0, 0.05) is 14.1 Å². The van der Waals surface area contributed by atoms with Crippen LogP contribution in [-0.4, -0.2) is 25.2 Å². The highest BCUT2D eigenvalue weighted by Gasteiger charge is 2.18. The first-order valence-corrected chi connectivity index (χ1v) is 6.36. The average Bonchev–Trinajstić information content (AvgIpc) is 2.92. The molecule has 0 fully saturated rings. The number of anilines is 1. The molecule has 0 aliphatic heterocycles. The zero-order valence-electron chi connectivity index (χ0n) is 11.0. The van der Waals surface area contributed by atoms with Crippen molar-refractivity contribution >= 4 is 34.5 Å². The molecule has 0 atom stereocenters. The molecule has 3 aromatic rings. The molecule has 0 unspecified atom stereocenters. The van der Waals surface area contributed by atoms with Crippen LogP contribution in [0.1, 0.15) is 10.5 Å². The summed E-state index contributed by atoms with van der Waals surface area (Å²) in [6.45, 7) is 0. The van der Waals surface area contributed by atoms with E-state index in [-0.39, 0.29) is 5.91 Å². The number of carbonyl (C=O) groups is 1. The van der Waals surface area contributed by atoms with Crippen molar-refractivity contribution in [1.29, 1.82) is 0 Å². The van der Waals surface area contributed by atoms with Crippen molar-refractivity contribution in [2.45, 2.75) is 0 Å². The molecule has 1 N–H and O–H groups in total. The Morgan fingerprint density at radius 1 is 1.30 bits per heavy atom. The third-order valence-corrected chi connectivity index (χ3v) is 3.40. The van der Waals surface area contributed by atoms with Gasteiger partial charge in [0.15, 0.2) is 0 Å². The molecule has 0 aliphatic carbocycles. The second kappa shape index (κ2) is 4.64. The van der Waals surface area contributed by atoms with Gasteiger partial charge in [0.2, 0.25) is 5.95 Å². The summed E-state index contributed by atoms with van der Waals surface area (Å²) in [5.74, 6) is 0.127. The van der Waals surface area contributed by atoms with Gasteiger partial charge >= 0.3 is 0 Å². The van der Waals surface area contributed by atoms with Crippen LogP contribution in [0.3, 0.4) is 0 Å². The number of amides is 1. The molecular weight excluding hydrogens is 278 g/mol. The van der Waals surface area contributed by atoms with Gasteiger partial charge in [-0.05, 0) is 12.1 Å². The number of rotatable bonds is 2. The monoisotopic (exact) mass is 289 g/mol. The minimum absolute atomic E-state index is 0.304. The number of hydrogen-bond donors (Lipinski definition) is 1. The molecule has 3 rings (SSSR count). The predicted octanol–water partition coefficient (Wildman–Crippen LogP) is 2.21. The van der Waals surface area contributed by atoms with E-state index in [4.69, 9.17) is 11.6 Å². The van der Waals surface area contributed by atoms with Crippen LogP contribution in [0.25, 0.3) is 11.0 Å². The average molecular weight is 290 g/mol. The third kappa shape index (κ3) is 1.94. The van der Waals surface area contributed by atoms with Crippen LogP contribution in [0.5, 0.6) is 0 Å². The molecule has 2 heterocycles. The fourth-order valence-corrected chi connectivity index (χ4v) is 2.34. The first kappa shape index (κ1) is 12.7. The van der Waals surface area contributed by atoms with Gasteiger partial charge in [0.1, 0.15) is 5.69 Å². The first-order valence-electron chi connectivity index (χ1n) is 5.98. The topological polar surface area (TPSA) is 64.7 Å². The molecule has 0 radical (unpaired) electrons. The lowest BCUT2D eigenvalue weighted by Crippen LogP contribution is -2.18. The molecule has 6 nitrogen and oxygen atoms in total. The molecule has 7 heteroatoms. The summed E-state index contributed by atoms with van der Waals surface area (Å²) < 4.78 is 3.25. The maximum atomic E-state index is 12.2. The van der Waals surface area contributed by atoms with Crippen molar-refractivity contribution in [2.75, 3.05) is 5.32 Å². The molecule has 0 aliphatic rings. The number of halogens is 1. The van der Waals surface area contributed by atoms with Crippen molar-refractivity contribution in [2.24, 2.45) is 14.1 Å². The molecule has 0 bridgehead atoms. The van der Waals surface area contributed by atoms with Gasteiger partial charge in [0.05, 0.1) is 22.3 Å². The van der Waals surface area contributed by atoms with Gasteiger partial charge in [0.25, 0.3) is 5.91 Å². The van der Waals surface area contributed by atoms with E-state index < -0.39 is 0 Å². The molecule has 0 spiro atoms. The molecule has 0 saturated carbocycles. The van der Waals surface area contributed by atoms with Gasteiger partial charge in [-0.1, -0.05) is 23.7 Å². The van der Waals surface area contributed by atoms with Crippen LogP contribution in [0, 0.1) is 0 Å². The summed E-state index contributed by atoms with van der Waals surface area (Å²) in [5, 5.41) is 7.00. The van der Waals surface area contributed by atoms with E-state index in [2.05, 4.69) is 15.4 Å². The zero-order valence-corrected chi connectivity index (χ0v) is 11.7. The fraction of sp³-hybridized carbons (Fsp3) is 0.154. The maximum absolute atomic E-state index is 12.2. The molecule has 1 aromatic carbocycles. The SMILES string of the molecule is Cn1ncc(Cl)c1C(=O)Nc1nc2ccccc2n1C. The number of aromatic nitrogens is 4. The summed E-state index contributed by atoms with van der Waals surface area (Å²) in [6.07, 6.45) is 1.44. The van der Waals surface area contributed by atoms with Crippen molar-refractivity contribution in [3.05, 3.63) is 41.2 Å². The number of aryl methyl sites for hydroxylation is 2. The Morgan fingerprint density at radius 3 is 2.70 bits per heavy atom. The van der Waals surface area contributed by atoms with Crippen LogP contribution in [-0.2, 0) is 14.1 Å². The van der Waals surface area contributed by atoms with E-state index in [0.29, 0.717) is 16.7 Å². The highest BCUT2D eigenvalue weighted by atomic mass is 35.5. The smallest absolute Gasteiger partial charge is 0.277 e. The fourth-order valence-electron chi connectivity index (χ4n) is 2.08. The van der Waals surface area contributed by atoms with Crippen molar-refractivity contribution in [3.63, 3.8) is 0 Å². The first-order chi connectivity index (χ1) is 9.58. The Morgan fingerprint density at radius 2 is 2.05 bits per heavy atom. The number of fused-ring (bicyclic) bond motifs is 1. The van der Waals surface area contributed by atoms with Crippen LogP contribution >= 0.6 is 11.6 Å². The van der Waals surface area contributed by atoms with Gasteiger partial charge in [-0.15, -0.1) is 0 Å². The summed E-state index contributed by atoms with van der Waals surface area (Å²) in [4.78, 5) is 16.6. The van der Waals surface area contributed by atoms with E-state index in [0.717, 1.165) is 11.0 Å². The van der Waals surface area contributed by atoms with Gasteiger partial charge < -0.3 is 4.57 Å². The lowest BCUT2D eigenvalue weighted by atomic mass is 10.3. The van der Waals surface area contributed by atoms with Gasteiger partial charge in [-0.2, -0.15) is 5.10 Å². The van der Waals surface area contributed by atoms with E-state index in [1.54, 1.807) is 7.05 Å². The summed E-state index contributed by atoms with van der Waals surface area (Å²) in [5.41, 5.74) is 2.07. The molecular formula is C13H12ClN5O. The Hall–Kier alpha value is -2.34. The number of nitrogens with zero attached hydrogens (tertiary/aromatic N) is 4. The lowest BCUT2D eigenvalue weighted by Gasteiger charge is -2.05. The maximum Gasteiger partial charge on any atom is 0.277 e. The van der Waals surface area contributed by atoms with Crippen LogP contribution in [0.15, 0.2) is 30.5 Å². The van der Waals surface area contributed by atoms with Crippen molar-refractivity contribution < 1.29 is 4.79 Å². The largest absolute Gasteiger partial charge is 0.313 e. The molecule has 20 heavy (non-hydrogen) atoms. The number of para-hydroxylation sites is 2. The minimum Gasteiger partial charge on any atom is -0.313 e. The Labute approximate surface area is 120 Å². The predicted molar refractivity (Wildman–Crippen MR) is 76.9 cm³/mol. The Bertz CT molecular complexity index is 785. The second-order valence-electron chi connectivity index (χ2n) is 4.40. The normalized spacial score (nSPS) is 10.9. The lowest BCUT2D eigenvalue weighted by molar-refractivity contribution is 0.101. The Kier molecular flexibility index (Phi) is 2.94. The van der Waals surface area contributed by atoms with Crippen molar-refractivity contribution in [1.82, 2.24) is 19.3 Å². The minimum atomic E-state index is -0.339. The summed E-state index contributed by atoms with van der Waals surface area (Å²) >= 11 is 5.95. The van der Waals surface area contributed by atoms with Crippen molar-refractivity contribution in [3.8, 4) is 0 Å². The third-order valence-electron chi connectivity index (χ3n) is 3.12. The molecule has 102 valence electrons. The summed E-state index contributed by atoms with van der Waals surface area (Å²) in [6, 6.07) is 7.66. The van der Waals surface area contributed by atoms with E-state index in [1.807, 2.05) is 35.9 Å². The highest BCUT2D eigenvalue weighted by Crippen LogP contribution is 2.20. The number of nitrogens with one attached hydrogen (secondary N) is 1. The molecule has 0 saturated heterocycles. The summed E-state index contributed by atoms with van der Waals surface area (Å²) in [7, 11) is 3.51. The van der Waals surface area contributed by atoms with E-state index >= 15 is 0 Å². The van der Waals surface area contributed by atoms with Gasteiger partial charge in [-0.25, -0.2) is 4.98 Å². The van der Waals surface area contributed by atoms with Crippen LogP contribution in [0.2, 0.25) is 5.02 Å². The highest BCUT2D eigenvalue weighted by molar-refractivity contribution is 6.34. The number of hydrogen-bond acceptors (Lipinski definition) is 3. The Balaban J connectivity index is 1.97. The van der Waals surface area contributed by atoms with E-state index in [1.165, 1.54) is 10.9 Å². The van der Waals surface area contributed by atoms with E-state index in [9.17, 15) is 4.79 Å². The quantitative estimate of drug-likeness (QED) is 0.787. The van der Waals surface area contributed by atoms with Gasteiger partial charge in [-0.3, -0.25) is 14.8 Å².